The Balaban J connectivity index is 1.58. The van der Waals surface area contributed by atoms with Crippen molar-refractivity contribution in [1.29, 1.82) is 0 Å². The molecular formula is C19H19N3OS2. The van der Waals surface area contributed by atoms with E-state index in [4.69, 9.17) is 0 Å². The van der Waals surface area contributed by atoms with Gasteiger partial charge >= 0.3 is 0 Å². The number of rotatable bonds is 6. The first-order chi connectivity index (χ1) is 12.1. The Morgan fingerprint density at radius 1 is 1.16 bits per heavy atom. The van der Waals surface area contributed by atoms with E-state index in [0.717, 1.165) is 16.8 Å². The number of hydrogen-bond donors (Lipinski definition) is 1. The van der Waals surface area contributed by atoms with Crippen molar-refractivity contribution in [2.24, 2.45) is 0 Å². The summed E-state index contributed by atoms with van der Waals surface area (Å²) in [5, 5.41) is 5.97. The Morgan fingerprint density at radius 2 is 1.88 bits per heavy atom. The number of amides is 1. The summed E-state index contributed by atoms with van der Waals surface area (Å²) in [6.07, 6.45) is 3.80. The van der Waals surface area contributed by atoms with Crippen LogP contribution < -0.4 is 5.32 Å². The summed E-state index contributed by atoms with van der Waals surface area (Å²) in [5.41, 5.74) is 2.83. The molecule has 0 aliphatic heterocycles. The molecule has 0 bridgehead atoms. The van der Waals surface area contributed by atoms with Gasteiger partial charge in [0.1, 0.15) is 0 Å². The summed E-state index contributed by atoms with van der Waals surface area (Å²) in [7, 11) is 0. The van der Waals surface area contributed by atoms with Crippen molar-refractivity contribution in [2.75, 3.05) is 5.32 Å². The molecule has 0 radical (unpaired) electrons. The van der Waals surface area contributed by atoms with Gasteiger partial charge < -0.3 is 5.32 Å². The molecule has 0 saturated carbocycles. The highest BCUT2D eigenvalue weighted by atomic mass is 32.2. The molecule has 2 heterocycles. The number of benzene rings is 1. The van der Waals surface area contributed by atoms with Crippen LogP contribution in [-0.2, 0) is 11.2 Å². The van der Waals surface area contributed by atoms with Crippen LogP contribution >= 0.6 is 23.1 Å². The van der Waals surface area contributed by atoms with Gasteiger partial charge in [0.05, 0.1) is 12.1 Å². The Labute approximate surface area is 155 Å². The lowest BCUT2D eigenvalue weighted by atomic mass is 10.1. The van der Waals surface area contributed by atoms with Crippen LogP contribution in [0, 0.1) is 0 Å². The zero-order valence-electron chi connectivity index (χ0n) is 14.1. The molecule has 1 aromatic carbocycles. The van der Waals surface area contributed by atoms with E-state index in [-0.39, 0.29) is 5.91 Å². The molecule has 25 heavy (non-hydrogen) atoms. The lowest BCUT2D eigenvalue weighted by Crippen LogP contribution is -2.14. The predicted molar refractivity (Wildman–Crippen MR) is 105 cm³/mol. The van der Waals surface area contributed by atoms with Gasteiger partial charge in [-0.15, -0.1) is 23.1 Å². The van der Waals surface area contributed by atoms with Crippen molar-refractivity contribution in [1.82, 2.24) is 9.97 Å². The van der Waals surface area contributed by atoms with Crippen molar-refractivity contribution >= 4 is 34.1 Å². The van der Waals surface area contributed by atoms with Gasteiger partial charge in [-0.2, -0.15) is 0 Å². The van der Waals surface area contributed by atoms with Crippen LogP contribution in [0.4, 0.5) is 5.13 Å². The third-order valence-electron chi connectivity index (χ3n) is 3.39. The molecule has 0 aliphatic rings. The van der Waals surface area contributed by atoms with Gasteiger partial charge in [0.2, 0.25) is 5.91 Å². The fourth-order valence-corrected chi connectivity index (χ4v) is 3.87. The predicted octanol–water partition coefficient (Wildman–Crippen LogP) is 4.89. The van der Waals surface area contributed by atoms with E-state index in [1.807, 2.05) is 41.4 Å². The molecule has 3 aromatic rings. The highest BCUT2D eigenvalue weighted by Gasteiger charge is 2.09. The number of nitrogens with one attached hydrogen (secondary N) is 1. The molecule has 2 aromatic heterocycles. The highest BCUT2D eigenvalue weighted by Crippen LogP contribution is 2.25. The first-order valence-corrected chi connectivity index (χ1v) is 9.77. The Bertz CT molecular complexity index is 829. The van der Waals surface area contributed by atoms with E-state index in [0.29, 0.717) is 16.8 Å². The van der Waals surface area contributed by atoms with Crippen molar-refractivity contribution in [3.05, 3.63) is 59.7 Å². The highest BCUT2D eigenvalue weighted by molar-refractivity contribution is 7.99. The normalized spacial score (nSPS) is 10.8. The number of nitrogens with zero attached hydrogens (tertiary/aromatic N) is 2. The van der Waals surface area contributed by atoms with Crippen molar-refractivity contribution in [3.8, 4) is 11.3 Å². The fourth-order valence-electron chi connectivity index (χ4n) is 2.29. The van der Waals surface area contributed by atoms with Crippen LogP contribution in [0.5, 0.6) is 0 Å². The molecule has 4 nitrogen and oxygen atoms in total. The molecule has 6 heteroatoms. The van der Waals surface area contributed by atoms with Crippen LogP contribution in [-0.4, -0.2) is 21.1 Å². The number of aromatic nitrogens is 2. The molecule has 0 spiro atoms. The third-order valence-corrected chi connectivity index (χ3v) is 5.16. The van der Waals surface area contributed by atoms with E-state index in [1.54, 1.807) is 12.4 Å². The van der Waals surface area contributed by atoms with Crippen molar-refractivity contribution in [2.45, 2.75) is 30.4 Å². The molecular weight excluding hydrogens is 350 g/mol. The minimum absolute atomic E-state index is 0.0557. The van der Waals surface area contributed by atoms with Gasteiger partial charge in [0.25, 0.3) is 0 Å². The Morgan fingerprint density at radius 3 is 2.56 bits per heavy atom. The maximum Gasteiger partial charge on any atom is 0.230 e. The van der Waals surface area contributed by atoms with Crippen molar-refractivity contribution < 1.29 is 4.79 Å². The summed E-state index contributed by atoms with van der Waals surface area (Å²) in [6.45, 7) is 4.33. The first-order valence-electron chi connectivity index (χ1n) is 8.01. The van der Waals surface area contributed by atoms with Gasteiger partial charge in [0.15, 0.2) is 5.13 Å². The average molecular weight is 370 g/mol. The molecule has 1 amide bonds. The van der Waals surface area contributed by atoms with Gasteiger partial charge in [-0.1, -0.05) is 26.0 Å². The van der Waals surface area contributed by atoms with Gasteiger partial charge in [-0.25, -0.2) is 4.98 Å². The van der Waals surface area contributed by atoms with E-state index >= 15 is 0 Å². The summed E-state index contributed by atoms with van der Waals surface area (Å²) in [4.78, 5) is 21.9. The second kappa shape index (κ2) is 8.27. The number of carbonyl (C=O) groups excluding carboxylic acids is 1. The molecule has 0 unspecified atom stereocenters. The SMILES string of the molecule is CC(C)Sc1ccc(CC(=O)Nc2nc(-c3ccncc3)cs2)cc1. The van der Waals surface area contributed by atoms with Crippen LogP contribution in [0.15, 0.2) is 59.1 Å². The minimum Gasteiger partial charge on any atom is -0.302 e. The Hall–Kier alpha value is -2.18. The second-order valence-electron chi connectivity index (χ2n) is 5.81. The summed E-state index contributed by atoms with van der Waals surface area (Å²) in [6, 6.07) is 12.0. The van der Waals surface area contributed by atoms with Gasteiger partial charge in [-0.3, -0.25) is 9.78 Å². The topological polar surface area (TPSA) is 54.9 Å². The first kappa shape index (κ1) is 17.6. The van der Waals surface area contributed by atoms with Crippen molar-refractivity contribution in [3.63, 3.8) is 0 Å². The summed E-state index contributed by atoms with van der Waals surface area (Å²) < 4.78 is 0. The number of pyridine rings is 1. The van der Waals surface area contributed by atoms with Gasteiger partial charge in [-0.05, 0) is 29.8 Å². The molecule has 1 N–H and O–H groups in total. The molecule has 0 fully saturated rings. The number of thiazole rings is 1. The zero-order chi connectivity index (χ0) is 17.6. The zero-order valence-corrected chi connectivity index (χ0v) is 15.7. The molecule has 0 aliphatic carbocycles. The standard InChI is InChI=1S/C19H19N3OS2/c1-13(2)25-16-5-3-14(4-6-16)11-18(23)22-19-21-17(12-24-19)15-7-9-20-10-8-15/h3-10,12-13H,11H2,1-2H3,(H,21,22,23). The number of anilines is 1. The molecule has 128 valence electrons. The van der Waals surface area contributed by atoms with Crippen LogP contribution in [0.25, 0.3) is 11.3 Å². The second-order valence-corrected chi connectivity index (χ2v) is 8.32. The summed E-state index contributed by atoms with van der Waals surface area (Å²) >= 11 is 3.24. The van der Waals surface area contributed by atoms with E-state index in [9.17, 15) is 4.79 Å². The molecule has 0 saturated heterocycles. The lowest BCUT2D eigenvalue weighted by molar-refractivity contribution is -0.115. The number of carbonyl (C=O) groups is 1. The van der Waals surface area contributed by atoms with E-state index in [1.165, 1.54) is 16.2 Å². The lowest BCUT2D eigenvalue weighted by Gasteiger charge is -2.06. The van der Waals surface area contributed by atoms with Crippen LogP contribution in [0.3, 0.4) is 0 Å². The van der Waals surface area contributed by atoms with Gasteiger partial charge in [0, 0.05) is 33.5 Å². The fraction of sp³-hybridized carbons (Fsp3) is 0.211. The smallest absolute Gasteiger partial charge is 0.230 e. The average Bonchev–Trinajstić information content (AvgIpc) is 3.05. The third kappa shape index (κ3) is 5.14. The minimum atomic E-state index is -0.0557. The van der Waals surface area contributed by atoms with E-state index in [2.05, 4.69) is 41.3 Å². The van der Waals surface area contributed by atoms with E-state index < -0.39 is 0 Å². The number of hydrogen-bond acceptors (Lipinski definition) is 5. The number of thioether (sulfide) groups is 1. The monoisotopic (exact) mass is 369 g/mol. The maximum absolute atomic E-state index is 12.2. The largest absolute Gasteiger partial charge is 0.302 e. The molecule has 0 atom stereocenters. The van der Waals surface area contributed by atoms with Crippen LogP contribution in [0.2, 0.25) is 0 Å². The summed E-state index contributed by atoms with van der Waals surface area (Å²) in [5.74, 6) is -0.0557. The quantitative estimate of drug-likeness (QED) is 0.629. The van der Waals surface area contributed by atoms with Crippen LogP contribution in [0.1, 0.15) is 19.4 Å². The Kier molecular flexibility index (Phi) is 5.83. The maximum atomic E-state index is 12.2. The molecule has 3 rings (SSSR count).